The second-order valence-electron chi connectivity index (χ2n) is 4.10. The molecule has 0 radical (unpaired) electrons. The van der Waals surface area contributed by atoms with Gasteiger partial charge in [0.2, 0.25) is 0 Å². The topological polar surface area (TPSA) is 39.2 Å². The average molecular weight is 179 g/mol. The van der Waals surface area contributed by atoms with Gasteiger partial charge in [-0.1, -0.05) is 6.07 Å². The molecule has 0 atom stereocenters. The molecule has 0 aliphatic carbocycles. The Kier molecular flexibility index (Phi) is 2.57. The maximum atomic E-state index is 11.7. The molecular weight excluding hydrogens is 164 g/mol. The number of hydrogen-bond acceptors (Lipinski definition) is 3. The number of hydroxylamine groups is 1. The second kappa shape index (κ2) is 3.34. The Morgan fingerprint density at radius 2 is 1.92 bits per heavy atom. The van der Waals surface area contributed by atoms with Crippen molar-refractivity contribution in [3.63, 3.8) is 0 Å². The lowest BCUT2D eigenvalue weighted by Gasteiger charge is -2.42. The van der Waals surface area contributed by atoms with Crippen LogP contribution < -0.4 is 5.06 Å². The molecule has 0 fully saturated rings. The van der Waals surface area contributed by atoms with Crippen LogP contribution in [0.3, 0.4) is 0 Å². The molecule has 1 heterocycles. The van der Waals surface area contributed by atoms with Crippen molar-refractivity contribution < 1.29 is 0 Å². The lowest BCUT2D eigenvalue weighted by atomic mass is 10.1. The number of hydrogen-bond donors (Lipinski definition) is 0. The predicted molar refractivity (Wildman–Crippen MR) is 54.6 cm³/mol. The lowest BCUT2D eigenvalue weighted by molar-refractivity contribution is 0.551. The fourth-order valence-corrected chi connectivity index (χ4v) is 0.985. The molecular formula is C10H15N2O-. The summed E-state index contributed by atoms with van der Waals surface area (Å²) in [6, 6.07) is 5.44. The largest absolute Gasteiger partial charge is 0.757 e. The quantitative estimate of drug-likeness (QED) is 0.622. The molecule has 1 rings (SSSR count). The monoisotopic (exact) mass is 179 g/mol. The Morgan fingerprint density at radius 3 is 2.38 bits per heavy atom. The van der Waals surface area contributed by atoms with E-state index in [-0.39, 0.29) is 0 Å². The van der Waals surface area contributed by atoms with Crippen molar-refractivity contribution in [2.45, 2.75) is 33.2 Å². The van der Waals surface area contributed by atoms with E-state index in [0.29, 0.717) is 5.82 Å². The summed E-state index contributed by atoms with van der Waals surface area (Å²) in [6.45, 7) is 7.47. The number of anilines is 1. The van der Waals surface area contributed by atoms with Gasteiger partial charge in [-0.2, -0.15) is 0 Å². The SMILES string of the molecule is Cc1cccc(N([O-])C(C)(C)C)n1. The second-order valence-corrected chi connectivity index (χ2v) is 4.10. The predicted octanol–water partition coefficient (Wildman–Crippen LogP) is 2.49. The van der Waals surface area contributed by atoms with Crippen molar-refractivity contribution >= 4 is 5.82 Å². The van der Waals surface area contributed by atoms with Gasteiger partial charge < -0.3 is 10.3 Å². The van der Waals surface area contributed by atoms with Gasteiger partial charge in [0.15, 0.2) is 0 Å². The molecule has 0 amide bonds. The zero-order chi connectivity index (χ0) is 10.1. The van der Waals surface area contributed by atoms with Gasteiger partial charge in [-0.05, 0) is 39.8 Å². The van der Waals surface area contributed by atoms with Gasteiger partial charge in [0.1, 0.15) is 5.82 Å². The van der Waals surface area contributed by atoms with Crippen LogP contribution in [0.25, 0.3) is 0 Å². The van der Waals surface area contributed by atoms with E-state index in [2.05, 4.69) is 4.98 Å². The first-order valence-corrected chi connectivity index (χ1v) is 4.32. The third-order valence-corrected chi connectivity index (χ3v) is 1.69. The molecule has 0 aliphatic heterocycles. The van der Waals surface area contributed by atoms with E-state index >= 15 is 0 Å². The highest BCUT2D eigenvalue weighted by Crippen LogP contribution is 2.19. The smallest absolute Gasteiger partial charge is 0.118 e. The summed E-state index contributed by atoms with van der Waals surface area (Å²) in [5.41, 5.74) is 0.434. The van der Waals surface area contributed by atoms with E-state index in [1.165, 1.54) is 0 Å². The maximum Gasteiger partial charge on any atom is 0.118 e. The highest BCUT2D eigenvalue weighted by Gasteiger charge is 2.13. The Balaban J connectivity index is 2.96. The van der Waals surface area contributed by atoms with E-state index < -0.39 is 5.54 Å². The number of rotatable bonds is 1. The Hall–Kier alpha value is -1.09. The highest BCUT2D eigenvalue weighted by molar-refractivity contribution is 5.42. The van der Waals surface area contributed by atoms with Crippen LogP contribution in [0, 0.1) is 12.1 Å². The molecule has 0 N–H and O–H groups in total. The molecule has 0 unspecified atom stereocenters. The van der Waals surface area contributed by atoms with Crippen molar-refractivity contribution in [1.29, 1.82) is 0 Å². The van der Waals surface area contributed by atoms with Crippen LogP contribution in [-0.4, -0.2) is 10.5 Å². The zero-order valence-corrected chi connectivity index (χ0v) is 8.53. The van der Waals surface area contributed by atoms with Crippen LogP contribution in [0.4, 0.5) is 5.82 Å². The lowest BCUT2D eigenvalue weighted by Crippen LogP contribution is -2.37. The molecule has 72 valence electrons. The molecule has 1 aromatic rings. The standard InChI is InChI=1S/C10H15N2O/c1-8-6-5-7-9(11-8)12(13)10(2,3)4/h5-7H,1-4H3/q-1. The first-order chi connectivity index (χ1) is 5.91. The van der Waals surface area contributed by atoms with Crippen molar-refractivity contribution in [2.75, 3.05) is 5.06 Å². The minimum Gasteiger partial charge on any atom is -0.757 e. The van der Waals surface area contributed by atoms with Crippen LogP contribution >= 0.6 is 0 Å². The van der Waals surface area contributed by atoms with Crippen molar-refractivity contribution in [3.8, 4) is 0 Å². The van der Waals surface area contributed by atoms with Gasteiger partial charge in [-0.3, -0.25) is 0 Å². The normalized spacial score (nSPS) is 11.5. The van der Waals surface area contributed by atoms with Gasteiger partial charge in [0.05, 0.1) is 0 Å². The number of nitrogens with zero attached hydrogens (tertiary/aromatic N) is 2. The number of aromatic nitrogens is 1. The summed E-state index contributed by atoms with van der Waals surface area (Å²) in [4.78, 5) is 4.15. The molecule has 13 heavy (non-hydrogen) atoms. The number of aryl methyl sites for hydroxylation is 1. The average Bonchev–Trinajstić information content (AvgIpc) is 2.01. The van der Waals surface area contributed by atoms with E-state index in [4.69, 9.17) is 0 Å². The van der Waals surface area contributed by atoms with Gasteiger partial charge in [0.25, 0.3) is 0 Å². The Bertz CT molecular complexity index is 291. The minimum atomic E-state index is -0.430. The Morgan fingerprint density at radius 1 is 1.31 bits per heavy atom. The summed E-state index contributed by atoms with van der Waals surface area (Å²) in [5, 5.41) is 12.6. The maximum absolute atomic E-state index is 11.7. The molecule has 1 aromatic heterocycles. The van der Waals surface area contributed by atoms with Crippen LogP contribution in [-0.2, 0) is 0 Å². The van der Waals surface area contributed by atoms with E-state index in [9.17, 15) is 5.21 Å². The zero-order valence-electron chi connectivity index (χ0n) is 8.53. The molecule has 0 saturated heterocycles. The molecule has 0 aromatic carbocycles. The molecule has 0 saturated carbocycles. The van der Waals surface area contributed by atoms with Gasteiger partial charge in [-0.25, -0.2) is 4.98 Å². The van der Waals surface area contributed by atoms with E-state index in [1.54, 1.807) is 6.07 Å². The first kappa shape index (κ1) is 9.99. The third kappa shape index (κ3) is 2.42. The summed E-state index contributed by atoms with van der Waals surface area (Å²) in [6.07, 6.45) is 0. The summed E-state index contributed by atoms with van der Waals surface area (Å²) < 4.78 is 0. The van der Waals surface area contributed by atoms with Crippen LogP contribution in [0.1, 0.15) is 26.5 Å². The third-order valence-electron chi connectivity index (χ3n) is 1.69. The molecule has 3 heteroatoms. The van der Waals surface area contributed by atoms with Crippen LogP contribution in [0.15, 0.2) is 18.2 Å². The van der Waals surface area contributed by atoms with E-state index in [0.717, 1.165) is 10.8 Å². The number of pyridine rings is 1. The molecule has 0 spiro atoms. The fourth-order valence-electron chi connectivity index (χ4n) is 0.985. The van der Waals surface area contributed by atoms with Crippen molar-refractivity contribution in [2.24, 2.45) is 0 Å². The first-order valence-electron chi connectivity index (χ1n) is 4.32. The highest BCUT2D eigenvalue weighted by atomic mass is 16.5. The van der Waals surface area contributed by atoms with Crippen LogP contribution in [0.5, 0.6) is 0 Å². The van der Waals surface area contributed by atoms with E-state index in [1.807, 2.05) is 39.8 Å². The fraction of sp³-hybridized carbons (Fsp3) is 0.500. The van der Waals surface area contributed by atoms with Gasteiger partial charge >= 0.3 is 0 Å². The summed E-state index contributed by atoms with van der Waals surface area (Å²) in [5.74, 6) is 0.479. The molecule has 0 aliphatic rings. The minimum absolute atomic E-state index is 0.430. The summed E-state index contributed by atoms with van der Waals surface area (Å²) in [7, 11) is 0. The summed E-state index contributed by atoms with van der Waals surface area (Å²) >= 11 is 0. The van der Waals surface area contributed by atoms with Crippen molar-refractivity contribution in [1.82, 2.24) is 4.98 Å². The van der Waals surface area contributed by atoms with Crippen molar-refractivity contribution in [3.05, 3.63) is 29.1 Å². The molecule has 3 nitrogen and oxygen atoms in total. The van der Waals surface area contributed by atoms with Crippen LogP contribution in [0.2, 0.25) is 0 Å². The molecule has 0 bridgehead atoms. The van der Waals surface area contributed by atoms with Gasteiger partial charge in [0, 0.05) is 11.2 Å². The van der Waals surface area contributed by atoms with Gasteiger partial charge in [-0.15, -0.1) is 0 Å². The Labute approximate surface area is 79.0 Å².